The number of carbonyl (C=O) groups excluding carboxylic acids is 1. The zero-order chi connectivity index (χ0) is 18.7. The second-order valence-electron chi connectivity index (χ2n) is 6.43. The molecule has 2 aromatic carbocycles. The van der Waals surface area contributed by atoms with E-state index in [9.17, 15) is 13.2 Å². The Labute approximate surface area is 158 Å². The van der Waals surface area contributed by atoms with Crippen molar-refractivity contribution in [2.75, 3.05) is 17.2 Å². The molecule has 1 N–H and O–H groups in total. The summed E-state index contributed by atoms with van der Waals surface area (Å²) in [5, 5.41) is 0. The molecular weight excluding hydrogens is 368 g/mol. The van der Waals surface area contributed by atoms with Crippen LogP contribution in [0.2, 0.25) is 0 Å². The van der Waals surface area contributed by atoms with Gasteiger partial charge in [0, 0.05) is 23.0 Å². The van der Waals surface area contributed by atoms with Crippen LogP contribution in [0, 0.1) is 0 Å². The number of anilines is 1. The molecular formula is C19H22N2O3S2. The first-order valence-electron chi connectivity index (χ1n) is 8.54. The van der Waals surface area contributed by atoms with Gasteiger partial charge in [-0.15, -0.1) is 11.8 Å². The van der Waals surface area contributed by atoms with Crippen LogP contribution in [0.4, 0.5) is 5.69 Å². The third-order valence-corrected chi connectivity index (χ3v) is 6.81. The highest BCUT2D eigenvalue weighted by Crippen LogP contribution is 2.34. The van der Waals surface area contributed by atoms with Crippen molar-refractivity contribution in [1.82, 2.24) is 4.72 Å². The average Bonchev–Trinajstić information content (AvgIpc) is 2.82. The Balaban J connectivity index is 1.87. The van der Waals surface area contributed by atoms with E-state index in [2.05, 4.69) is 4.72 Å². The van der Waals surface area contributed by atoms with E-state index in [1.165, 1.54) is 12.1 Å². The molecule has 1 aliphatic rings. The lowest BCUT2D eigenvalue weighted by atomic mass is 10.1. The molecule has 0 spiro atoms. The molecule has 0 fully saturated rings. The summed E-state index contributed by atoms with van der Waals surface area (Å²) in [6.45, 7) is 4.19. The predicted octanol–water partition coefficient (Wildman–Crippen LogP) is 3.52. The van der Waals surface area contributed by atoms with Crippen LogP contribution in [0.5, 0.6) is 0 Å². The number of hydrogen-bond acceptors (Lipinski definition) is 4. The standard InChI is InChI=1S/C19H22N2O3S2/c1-14(2)20-26(23,24)16-10-8-15(9-11-16)19(22)21-12-5-13-25-18-7-4-3-6-17(18)21/h3-4,6-11,14,20H,5,12-13H2,1-2H3. The van der Waals surface area contributed by atoms with Gasteiger partial charge in [-0.3, -0.25) is 4.79 Å². The summed E-state index contributed by atoms with van der Waals surface area (Å²) >= 11 is 1.76. The third kappa shape index (κ3) is 4.11. The maximum atomic E-state index is 13.0. The topological polar surface area (TPSA) is 66.5 Å². The van der Waals surface area contributed by atoms with Crippen LogP contribution in [0.15, 0.2) is 58.3 Å². The van der Waals surface area contributed by atoms with E-state index in [0.717, 1.165) is 22.8 Å². The van der Waals surface area contributed by atoms with Crippen LogP contribution in [0.25, 0.3) is 0 Å². The predicted molar refractivity (Wildman–Crippen MR) is 105 cm³/mol. The van der Waals surface area contributed by atoms with Crippen molar-refractivity contribution in [3.63, 3.8) is 0 Å². The number of fused-ring (bicyclic) bond motifs is 1. The fraction of sp³-hybridized carbons (Fsp3) is 0.316. The average molecular weight is 391 g/mol. The van der Waals surface area contributed by atoms with E-state index in [-0.39, 0.29) is 16.8 Å². The molecule has 0 atom stereocenters. The van der Waals surface area contributed by atoms with Crippen molar-refractivity contribution in [1.29, 1.82) is 0 Å². The summed E-state index contributed by atoms with van der Waals surface area (Å²) in [5.74, 6) is 0.861. The van der Waals surface area contributed by atoms with Crippen molar-refractivity contribution < 1.29 is 13.2 Å². The van der Waals surface area contributed by atoms with E-state index in [4.69, 9.17) is 0 Å². The van der Waals surface area contributed by atoms with E-state index >= 15 is 0 Å². The van der Waals surface area contributed by atoms with E-state index < -0.39 is 10.0 Å². The highest BCUT2D eigenvalue weighted by atomic mass is 32.2. The van der Waals surface area contributed by atoms with Crippen molar-refractivity contribution in [2.45, 2.75) is 36.1 Å². The van der Waals surface area contributed by atoms with Gasteiger partial charge in [-0.05, 0) is 62.4 Å². The Kier molecular flexibility index (Phi) is 5.70. The fourth-order valence-corrected chi connectivity index (χ4v) is 5.09. The summed E-state index contributed by atoms with van der Waals surface area (Å²) in [5.41, 5.74) is 1.40. The van der Waals surface area contributed by atoms with Crippen molar-refractivity contribution >= 4 is 33.4 Å². The molecule has 0 aromatic heterocycles. The zero-order valence-electron chi connectivity index (χ0n) is 14.8. The SMILES string of the molecule is CC(C)NS(=O)(=O)c1ccc(C(=O)N2CCCSc3ccccc32)cc1. The Morgan fingerprint density at radius 2 is 1.81 bits per heavy atom. The quantitative estimate of drug-likeness (QED) is 0.867. The molecule has 5 nitrogen and oxygen atoms in total. The number of nitrogens with zero attached hydrogens (tertiary/aromatic N) is 1. The van der Waals surface area contributed by atoms with Gasteiger partial charge in [0.2, 0.25) is 10.0 Å². The minimum absolute atomic E-state index is 0.110. The molecule has 1 aliphatic heterocycles. The first-order chi connectivity index (χ1) is 12.4. The summed E-state index contributed by atoms with van der Waals surface area (Å²) in [6.07, 6.45) is 0.913. The molecule has 0 bridgehead atoms. The third-order valence-electron chi connectivity index (χ3n) is 3.99. The molecule has 0 unspecified atom stereocenters. The normalized spacial score (nSPS) is 14.8. The maximum Gasteiger partial charge on any atom is 0.258 e. The summed E-state index contributed by atoms with van der Waals surface area (Å²) in [6, 6.07) is 13.8. The van der Waals surface area contributed by atoms with E-state index in [1.807, 2.05) is 24.3 Å². The molecule has 3 rings (SSSR count). The molecule has 1 amide bonds. The molecule has 0 aliphatic carbocycles. The first-order valence-corrected chi connectivity index (χ1v) is 11.0. The van der Waals surface area contributed by atoms with Crippen LogP contribution in [0.1, 0.15) is 30.6 Å². The Morgan fingerprint density at radius 1 is 1.12 bits per heavy atom. The Morgan fingerprint density at radius 3 is 2.50 bits per heavy atom. The second kappa shape index (κ2) is 7.82. The van der Waals surface area contributed by atoms with Gasteiger partial charge >= 0.3 is 0 Å². The molecule has 26 heavy (non-hydrogen) atoms. The Hall–Kier alpha value is -1.83. The molecule has 0 radical (unpaired) electrons. The molecule has 0 saturated carbocycles. The van der Waals surface area contributed by atoms with Gasteiger partial charge < -0.3 is 4.90 Å². The lowest BCUT2D eigenvalue weighted by molar-refractivity contribution is 0.0986. The van der Waals surface area contributed by atoms with Crippen LogP contribution in [0.3, 0.4) is 0 Å². The summed E-state index contributed by atoms with van der Waals surface area (Å²) in [4.78, 5) is 16.0. The lowest BCUT2D eigenvalue weighted by Gasteiger charge is -2.22. The highest BCUT2D eigenvalue weighted by molar-refractivity contribution is 7.99. The van der Waals surface area contributed by atoms with Gasteiger partial charge in [0.25, 0.3) is 5.91 Å². The molecule has 0 saturated heterocycles. The number of carbonyl (C=O) groups is 1. The minimum atomic E-state index is -3.56. The number of benzene rings is 2. The van der Waals surface area contributed by atoms with Crippen LogP contribution < -0.4 is 9.62 Å². The fourth-order valence-electron chi connectivity index (χ4n) is 2.85. The number of para-hydroxylation sites is 1. The van der Waals surface area contributed by atoms with Crippen LogP contribution >= 0.6 is 11.8 Å². The first kappa shape index (κ1) is 18.9. The van der Waals surface area contributed by atoms with Crippen LogP contribution in [-0.2, 0) is 10.0 Å². The van der Waals surface area contributed by atoms with Gasteiger partial charge in [-0.1, -0.05) is 12.1 Å². The lowest BCUT2D eigenvalue weighted by Crippen LogP contribution is -2.32. The Bertz CT molecular complexity index is 893. The number of hydrogen-bond donors (Lipinski definition) is 1. The largest absolute Gasteiger partial charge is 0.307 e. The molecule has 1 heterocycles. The van der Waals surface area contributed by atoms with Gasteiger partial charge in [-0.2, -0.15) is 0 Å². The van der Waals surface area contributed by atoms with E-state index in [0.29, 0.717) is 12.1 Å². The highest BCUT2D eigenvalue weighted by Gasteiger charge is 2.23. The molecule has 7 heteroatoms. The van der Waals surface area contributed by atoms with Crippen molar-refractivity contribution in [3.05, 3.63) is 54.1 Å². The van der Waals surface area contributed by atoms with Crippen LogP contribution in [-0.4, -0.2) is 32.7 Å². The number of amides is 1. The maximum absolute atomic E-state index is 13.0. The number of rotatable bonds is 4. The van der Waals surface area contributed by atoms with Crippen molar-refractivity contribution in [3.8, 4) is 0 Å². The molecule has 138 valence electrons. The molecule has 2 aromatic rings. The van der Waals surface area contributed by atoms with Crippen molar-refractivity contribution in [2.24, 2.45) is 0 Å². The van der Waals surface area contributed by atoms with Gasteiger partial charge in [0.15, 0.2) is 0 Å². The van der Waals surface area contributed by atoms with Gasteiger partial charge in [0.05, 0.1) is 10.6 Å². The minimum Gasteiger partial charge on any atom is -0.307 e. The second-order valence-corrected chi connectivity index (χ2v) is 9.28. The van der Waals surface area contributed by atoms with Gasteiger partial charge in [0.1, 0.15) is 0 Å². The number of nitrogens with one attached hydrogen (secondary N) is 1. The number of sulfonamides is 1. The summed E-state index contributed by atoms with van der Waals surface area (Å²) < 4.78 is 27.0. The smallest absolute Gasteiger partial charge is 0.258 e. The summed E-state index contributed by atoms with van der Waals surface area (Å²) in [7, 11) is -3.56. The zero-order valence-corrected chi connectivity index (χ0v) is 16.4. The number of thioether (sulfide) groups is 1. The van der Waals surface area contributed by atoms with E-state index in [1.54, 1.807) is 42.6 Å². The monoisotopic (exact) mass is 390 g/mol. The van der Waals surface area contributed by atoms with Gasteiger partial charge in [-0.25, -0.2) is 13.1 Å².